The van der Waals surface area contributed by atoms with Crippen LogP contribution in [0.5, 0.6) is 0 Å². The summed E-state index contributed by atoms with van der Waals surface area (Å²) in [4.78, 5) is 31.4. The SMILES string of the molecule is CC1(Cc2ccccc2)N=C(N)N(Cc2ccc(CNC(=O)Nc3cccc(Cl)c3Cl)cc2)C1=O. The van der Waals surface area contributed by atoms with Crippen LogP contribution in [0.2, 0.25) is 10.0 Å². The molecule has 0 spiro atoms. The summed E-state index contributed by atoms with van der Waals surface area (Å²) in [5.74, 6) is 0.0939. The van der Waals surface area contributed by atoms with Crippen LogP contribution in [0.15, 0.2) is 77.8 Å². The van der Waals surface area contributed by atoms with Crippen molar-refractivity contribution in [3.05, 3.63) is 99.5 Å². The van der Waals surface area contributed by atoms with Gasteiger partial charge in [0, 0.05) is 13.0 Å². The van der Waals surface area contributed by atoms with Crippen molar-refractivity contribution in [2.24, 2.45) is 10.7 Å². The van der Waals surface area contributed by atoms with Crippen LogP contribution < -0.4 is 16.4 Å². The maximum atomic E-state index is 13.1. The molecule has 0 saturated carbocycles. The zero-order chi connectivity index (χ0) is 25.0. The van der Waals surface area contributed by atoms with Gasteiger partial charge in [-0.15, -0.1) is 0 Å². The molecule has 3 aromatic rings. The molecule has 0 aromatic heterocycles. The monoisotopic (exact) mass is 509 g/mol. The molecule has 4 rings (SSSR count). The third kappa shape index (κ3) is 5.75. The molecule has 1 heterocycles. The van der Waals surface area contributed by atoms with Gasteiger partial charge in [0.25, 0.3) is 5.91 Å². The van der Waals surface area contributed by atoms with Crippen LogP contribution in [0.4, 0.5) is 10.5 Å². The fourth-order valence-corrected chi connectivity index (χ4v) is 4.26. The van der Waals surface area contributed by atoms with Gasteiger partial charge < -0.3 is 16.4 Å². The van der Waals surface area contributed by atoms with Gasteiger partial charge in [-0.1, -0.05) is 83.9 Å². The number of carbonyl (C=O) groups excluding carboxylic acids is 2. The van der Waals surface area contributed by atoms with Crippen molar-refractivity contribution in [3.8, 4) is 0 Å². The lowest BCUT2D eigenvalue weighted by atomic mass is 9.93. The van der Waals surface area contributed by atoms with Gasteiger partial charge in [0.15, 0.2) is 5.96 Å². The number of hydrogen-bond acceptors (Lipinski definition) is 4. The number of nitrogens with one attached hydrogen (secondary N) is 2. The molecule has 1 aliphatic heterocycles. The standard InChI is InChI=1S/C26H25Cl2N5O2/c1-26(14-17-6-3-2-4-7-17)23(34)33(24(29)32-26)16-19-12-10-18(11-13-19)15-30-25(35)31-21-9-5-8-20(27)22(21)28/h2-13H,14-16H2,1H3,(H2,29,32)(H2,30,31,35). The van der Waals surface area contributed by atoms with Gasteiger partial charge in [-0.05, 0) is 35.7 Å². The second-order valence-corrected chi connectivity index (χ2v) is 9.31. The highest BCUT2D eigenvalue weighted by Crippen LogP contribution is 2.29. The number of benzene rings is 3. The van der Waals surface area contributed by atoms with Gasteiger partial charge in [-0.25, -0.2) is 9.79 Å². The minimum atomic E-state index is -0.922. The summed E-state index contributed by atoms with van der Waals surface area (Å²) < 4.78 is 0. The van der Waals surface area contributed by atoms with Crippen molar-refractivity contribution in [1.29, 1.82) is 0 Å². The number of carbonyl (C=O) groups is 2. The quantitative estimate of drug-likeness (QED) is 0.418. The van der Waals surface area contributed by atoms with Crippen molar-refractivity contribution >= 4 is 46.8 Å². The Kier molecular flexibility index (Phi) is 7.28. The van der Waals surface area contributed by atoms with Gasteiger partial charge in [0.1, 0.15) is 5.54 Å². The van der Waals surface area contributed by atoms with E-state index < -0.39 is 11.6 Å². The van der Waals surface area contributed by atoms with Crippen LogP contribution in [-0.4, -0.2) is 28.3 Å². The van der Waals surface area contributed by atoms with Crippen molar-refractivity contribution in [1.82, 2.24) is 10.2 Å². The van der Waals surface area contributed by atoms with Crippen molar-refractivity contribution in [2.45, 2.75) is 32.0 Å². The first-order valence-corrected chi connectivity index (χ1v) is 11.8. The molecule has 0 fully saturated rings. The first-order valence-electron chi connectivity index (χ1n) is 11.0. The van der Waals surface area contributed by atoms with Crippen LogP contribution in [0.25, 0.3) is 0 Å². The molecule has 0 bridgehead atoms. The number of amides is 3. The number of anilines is 1. The third-order valence-electron chi connectivity index (χ3n) is 5.75. The summed E-state index contributed by atoms with van der Waals surface area (Å²) >= 11 is 12.1. The molecule has 9 heteroatoms. The molecule has 1 aliphatic rings. The molecule has 1 unspecified atom stereocenters. The van der Waals surface area contributed by atoms with Crippen molar-refractivity contribution in [3.63, 3.8) is 0 Å². The summed E-state index contributed by atoms with van der Waals surface area (Å²) in [6, 6.07) is 22.0. The Labute approximate surface area is 213 Å². The van der Waals surface area contributed by atoms with Crippen molar-refractivity contribution < 1.29 is 9.59 Å². The smallest absolute Gasteiger partial charge is 0.319 e. The van der Waals surface area contributed by atoms with Gasteiger partial charge in [0.2, 0.25) is 0 Å². The molecule has 4 N–H and O–H groups in total. The Morgan fingerprint density at radius 1 is 0.971 bits per heavy atom. The predicted octanol–water partition coefficient (Wildman–Crippen LogP) is 4.97. The molecule has 0 radical (unpaired) electrons. The lowest BCUT2D eigenvalue weighted by molar-refractivity contribution is -0.131. The highest BCUT2D eigenvalue weighted by molar-refractivity contribution is 6.43. The minimum absolute atomic E-state index is 0.124. The molecule has 1 atom stereocenters. The van der Waals surface area contributed by atoms with Gasteiger partial charge >= 0.3 is 6.03 Å². The van der Waals surface area contributed by atoms with E-state index in [2.05, 4.69) is 15.6 Å². The molecular weight excluding hydrogens is 485 g/mol. The third-order valence-corrected chi connectivity index (χ3v) is 6.57. The van der Waals surface area contributed by atoms with Gasteiger partial charge in [-0.3, -0.25) is 9.69 Å². The van der Waals surface area contributed by atoms with Crippen LogP contribution >= 0.6 is 23.2 Å². The molecule has 0 aliphatic carbocycles. The first-order chi connectivity index (χ1) is 16.7. The fraction of sp³-hybridized carbons (Fsp3) is 0.192. The molecule has 0 saturated heterocycles. The normalized spacial score (nSPS) is 17.3. The molecule has 3 aromatic carbocycles. The van der Waals surface area contributed by atoms with E-state index in [0.29, 0.717) is 30.2 Å². The number of aliphatic imine (C=N–C) groups is 1. The van der Waals surface area contributed by atoms with Crippen LogP contribution in [0.1, 0.15) is 23.6 Å². The fourth-order valence-electron chi connectivity index (χ4n) is 3.91. The molecule has 7 nitrogen and oxygen atoms in total. The first kappa shape index (κ1) is 24.6. The van der Waals surface area contributed by atoms with Gasteiger partial charge in [-0.2, -0.15) is 0 Å². The summed E-state index contributed by atoms with van der Waals surface area (Å²) in [7, 11) is 0. The van der Waals surface area contributed by atoms with E-state index in [1.54, 1.807) is 18.2 Å². The lowest BCUT2D eigenvalue weighted by Crippen LogP contribution is -2.43. The predicted molar refractivity (Wildman–Crippen MR) is 139 cm³/mol. The Bertz CT molecular complexity index is 1260. The number of guanidine groups is 1. The largest absolute Gasteiger partial charge is 0.369 e. The minimum Gasteiger partial charge on any atom is -0.369 e. The Balaban J connectivity index is 1.33. The van der Waals surface area contributed by atoms with Crippen LogP contribution in [0.3, 0.4) is 0 Å². The number of rotatable bonds is 7. The molecule has 180 valence electrons. The van der Waals surface area contributed by atoms with Crippen molar-refractivity contribution in [2.75, 3.05) is 5.32 Å². The number of nitrogens with two attached hydrogens (primary N) is 1. The van der Waals surface area contributed by atoms with E-state index in [9.17, 15) is 9.59 Å². The second kappa shape index (κ2) is 10.4. The maximum Gasteiger partial charge on any atom is 0.319 e. The number of nitrogens with zero attached hydrogens (tertiary/aromatic N) is 2. The van der Waals surface area contributed by atoms with E-state index in [-0.39, 0.29) is 16.9 Å². The van der Waals surface area contributed by atoms with Gasteiger partial charge in [0.05, 0.1) is 22.3 Å². The van der Waals surface area contributed by atoms with E-state index in [0.717, 1.165) is 16.7 Å². The summed E-state index contributed by atoms with van der Waals surface area (Å²) in [5.41, 5.74) is 8.46. The Morgan fingerprint density at radius 2 is 1.66 bits per heavy atom. The zero-order valence-electron chi connectivity index (χ0n) is 19.1. The van der Waals surface area contributed by atoms with E-state index in [1.807, 2.05) is 61.5 Å². The molecular formula is C26H25Cl2N5O2. The summed E-state index contributed by atoms with van der Waals surface area (Å²) in [5, 5.41) is 6.11. The second-order valence-electron chi connectivity index (χ2n) is 8.52. The number of halogens is 2. The summed E-state index contributed by atoms with van der Waals surface area (Å²) in [6.45, 7) is 2.44. The van der Waals surface area contributed by atoms with E-state index >= 15 is 0 Å². The number of urea groups is 1. The lowest BCUT2D eigenvalue weighted by Gasteiger charge is -2.22. The molecule has 3 amide bonds. The number of hydrogen-bond donors (Lipinski definition) is 3. The zero-order valence-corrected chi connectivity index (χ0v) is 20.6. The van der Waals surface area contributed by atoms with E-state index in [1.165, 1.54) is 4.90 Å². The Hall–Kier alpha value is -3.55. The highest BCUT2D eigenvalue weighted by Gasteiger charge is 2.43. The Morgan fingerprint density at radius 3 is 2.37 bits per heavy atom. The summed E-state index contributed by atoms with van der Waals surface area (Å²) in [6.07, 6.45) is 0.483. The van der Waals surface area contributed by atoms with E-state index in [4.69, 9.17) is 28.9 Å². The highest BCUT2D eigenvalue weighted by atomic mass is 35.5. The maximum absolute atomic E-state index is 13.1. The molecule has 35 heavy (non-hydrogen) atoms. The average molecular weight is 510 g/mol. The van der Waals surface area contributed by atoms with Crippen LogP contribution in [0, 0.1) is 0 Å². The average Bonchev–Trinajstić information content (AvgIpc) is 3.05. The topological polar surface area (TPSA) is 99.8 Å². The van der Waals surface area contributed by atoms with Crippen LogP contribution in [-0.2, 0) is 24.3 Å².